The largest absolute Gasteiger partial charge is 0.545 e. The van der Waals surface area contributed by atoms with Crippen LogP contribution in [0.25, 0.3) is 0 Å². The molecule has 7 nitrogen and oxygen atoms in total. The maximum Gasteiger partial charge on any atom is 0.335 e. The number of benzene rings is 2. The molecule has 0 aliphatic heterocycles. The van der Waals surface area contributed by atoms with Gasteiger partial charge in [0.05, 0.1) is 17.7 Å². The van der Waals surface area contributed by atoms with Crippen LogP contribution in [0.15, 0.2) is 79.0 Å². The maximum atomic E-state index is 10.2. The molecule has 1 heterocycles. The van der Waals surface area contributed by atoms with Gasteiger partial charge in [-0.15, -0.1) is 0 Å². The van der Waals surface area contributed by atoms with E-state index in [1.54, 1.807) is 66.9 Å². The average Bonchev–Trinajstić information content (AvgIpc) is 2.66. The Kier molecular flexibility index (Phi) is 8.40. The summed E-state index contributed by atoms with van der Waals surface area (Å²) in [6, 6.07) is 19.9. The molecular weight excluding hydrogens is 334 g/mol. The minimum atomic E-state index is -1.13. The van der Waals surface area contributed by atoms with E-state index in [0.717, 1.165) is 0 Å². The summed E-state index contributed by atoms with van der Waals surface area (Å²) in [4.78, 5) is 23.0. The van der Waals surface area contributed by atoms with Gasteiger partial charge in [0.15, 0.2) is 0 Å². The Hall–Kier alpha value is -3.87. The molecule has 134 valence electrons. The van der Waals surface area contributed by atoms with Crippen LogP contribution in [0, 0.1) is 0 Å². The second-order valence-electron chi connectivity index (χ2n) is 4.86. The summed E-state index contributed by atoms with van der Waals surface area (Å²) in [6.07, 6.45) is 1.73. The van der Waals surface area contributed by atoms with Gasteiger partial charge in [-0.2, -0.15) is 0 Å². The Morgan fingerprint density at radius 3 is 1.58 bits per heavy atom. The van der Waals surface area contributed by atoms with Crippen molar-refractivity contribution in [3.05, 3.63) is 90.1 Å². The molecule has 0 aliphatic rings. The van der Waals surface area contributed by atoms with Gasteiger partial charge >= 0.3 is 5.97 Å². The lowest BCUT2D eigenvalue weighted by Crippen LogP contribution is -2.21. The van der Waals surface area contributed by atoms with Crippen molar-refractivity contribution < 1.29 is 24.8 Å². The predicted octanol–water partition coefficient (Wildman–Crippen LogP) is 1.10. The van der Waals surface area contributed by atoms with E-state index < -0.39 is 11.9 Å². The molecule has 0 atom stereocenters. The molecule has 0 fully saturated rings. The molecular formula is C19H19N3O4. The third-order valence-corrected chi connectivity index (χ3v) is 2.95. The number of nitrogen functional groups attached to an aromatic ring is 2. The molecule has 7 heteroatoms. The Morgan fingerprint density at radius 1 is 0.808 bits per heavy atom. The van der Waals surface area contributed by atoms with E-state index in [9.17, 15) is 14.7 Å². The maximum absolute atomic E-state index is 10.2. The van der Waals surface area contributed by atoms with Crippen LogP contribution in [0.3, 0.4) is 0 Å². The van der Waals surface area contributed by atoms with Crippen LogP contribution in [-0.2, 0) is 0 Å². The Bertz CT molecular complexity index is 754. The second kappa shape index (κ2) is 10.8. The molecule has 2 aromatic carbocycles. The van der Waals surface area contributed by atoms with Gasteiger partial charge in [-0.3, -0.25) is 5.73 Å². The van der Waals surface area contributed by atoms with Crippen molar-refractivity contribution in [2.75, 3.05) is 11.5 Å². The molecule has 0 amide bonds. The zero-order valence-corrected chi connectivity index (χ0v) is 13.8. The number of rotatable bonds is 2. The number of carboxylic acid groups (broad SMARTS) is 2. The SMILES string of the molecule is Nc1ccc[nH+]c1N.O=C(O)c1ccccc1.O=C([O-])c1ccccc1. The highest BCUT2D eigenvalue weighted by Gasteiger charge is 1.96. The van der Waals surface area contributed by atoms with Gasteiger partial charge in [0.1, 0.15) is 5.69 Å². The molecule has 0 radical (unpaired) electrons. The van der Waals surface area contributed by atoms with E-state index in [1.165, 1.54) is 12.1 Å². The van der Waals surface area contributed by atoms with Crippen molar-refractivity contribution in [2.45, 2.75) is 0 Å². The lowest BCUT2D eigenvalue weighted by Gasteiger charge is -1.97. The highest BCUT2D eigenvalue weighted by molar-refractivity contribution is 5.87. The number of hydrogen-bond acceptors (Lipinski definition) is 5. The normalized spacial score (nSPS) is 8.92. The lowest BCUT2D eigenvalue weighted by molar-refractivity contribution is -0.359. The van der Waals surface area contributed by atoms with E-state index in [0.29, 0.717) is 17.1 Å². The van der Waals surface area contributed by atoms with Crippen molar-refractivity contribution in [3.8, 4) is 0 Å². The standard InChI is InChI=1S/2C7H6O2.C5H7N3/c2*8-7(9)6-4-2-1-3-5-6;6-4-2-1-3-8-5(4)7/h2*1-5H,(H,8,9);1-3H,6H2,(H2,7,8). The van der Waals surface area contributed by atoms with Crippen LogP contribution < -0.4 is 21.6 Å². The number of carboxylic acids is 2. The summed E-state index contributed by atoms with van der Waals surface area (Å²) in [5, 5.41) is 18.5. The summed E-state index contributed by atoms with van der Waals surface area (Å²) in [7, 11) is 0. The number of hydrogen-bond donors (Lipinski definition) is 3. The first-order valence-electron chi connectivity index (χ1n) is 7.48. The molecule has 1 aromatic heterocycles. The minimum Gasteiger partial charge on any atom is -0.545 e. The summed E-state index contributed by atoms with van der Waals surface area (Å²) in [5.74, 6) is -1.49. The molecule has 6 N–H and O–H groups in total. The molecule has 0 spiro atoms. The first-order valence-corrected chi connectivity index (χ1v) is 7.48. The Morgan fingerprint density at radius 2 is 1.31 bits per heavy atom. The van der Waals surface area contributed by atoms with E-state index in [2.05, 4.69) is 4.98 Å². The van der Waals surface area contributed by atoms with E-state index in [-0.39, 0.29) is 5.56 Å². The smallest absolute Gasteiger partial charge is 0.335 e. The van der Waals surface area contributed by atoms with Crippen LogP contribution in [0.5, 0.6) is 0 Å². The van der Waals surface area contributed by atoms with Crippen LogP contribution in [-0.4, -0.2) is 17.0 Å². The van der Waals surface area contributed by atoms with Gasteiger partial charge in [-0.05, 0) is 29.8 Å². The number of aromatic amines is 1. The second-order valence-corrected chi connectivity index (χ2v) is 4.86. The van der Waals surface area contributed by atoms with Crippen LogP contribution in [0.4, 0.5) is 11.5 Å². The number of aromatic nitrogens is 1. The van der Waals surface area contributed by atoms with Gasteiger partial charge in [0.25, 0.3) is 5.82 Å². The van der Waals surface area contributed by atoms with E-state index in [1.807, 2.05) is 0 Å². The number of carbonyl (C=O) groups is 2. The van der Waals surface area contributed by atoms with E-state index >= 15 is 0 Å². The van der Waals surface area contributed by atoms with Crippen molar-refractivity contribution in [1.82, 2.24) is 0 Å². The number of nitrogens with two attached hydrogens (primary N) is 2. The summed E-state index contributed by atoms with van der Waals surface area (Å²) >= 11 is 0. The zero-order valence-electron chi connectivity index (χ0n) is 13.8. The minimum absolute atomic E-state index is 0.220. The van der Waals surface area contributed by atoms with Gasteiger partial charge in [-0.1, -0.05) is 48.5 Å². The zero-order chi connectivity index (χ0) is 19.4. The quantitative estimate of drug-likeness (QED) is 0.629. The Labute approximate surface area is 150 Å². The highest BCUT2D eigenvalue weighted by atomic mass is 16.4. The van der Waals surface area contributed by atoms with Crippen LogP contribution >= 0.6 is 0 Å². The van der Waals surface area contributed by atoms with Crippen LogP contribution in [0.1, 0.15) is 20.7 Å². The third-order valence-electron chi connectivity index (χ3n) is 2.95. The molecule has 3 rings (SSSR count). The van der Waals surface area contributed by atoms with Crippen molar-refractivity contribution in [2.24, 2.45) is 0 Å². The first-order chi connectivity index (χ1) is 12.4. The third kappa shape index (κ3) is 7.60. The van der Waals surface area contributed by atoms with Gasteiger partial charge < -0.3 is 20.7 Å². The monoisotopic (exact) mass is 353 g/mol. The predicted molar refractivity (Wildman–Crippen MR) is 96.0 cm³/mol. The number of nitrogens with one attached hydrogen (secondary N) is 1. The molecule has 0 aliphatic carbocycles. The van der Waals surface area contributed by atoms with Crippen molar-refractivity contribution >= 4 is 23.4 Å². The fourth-order valence-electron chi connectivity index (χ4n) is 1.62. The van der Waals surface area contributed by atoms with Crippen molar-refractivity contribution in [3.63, 3.8) is 0 Å². The number of aromatic carboxylic acids is 2. The first kappa shape index (κ1) is 20.2. The summed E-state index contributed by atoms with van der Waals surface area (Å²) in [5.41, 5.74) is 11.8. The fraction of sp³-hybridized carbons (Fsp3) is 0. The topological polar surface area (TPSA) is 144 Å². The molecule has 0 saturated carbocycles. The highest BCUT2D eigenvalue weighted by Crippen LogP contribution is 2.02. The molecule has 26 heavy (non-hydrogen) atoms. The summed E-state index contributed by atoms with van der Waals surface area (Å²) < 4.78 is 0. The number of pyridine rings is 1. The molecule has 3 aromatic rings. The fourth-order valence-corrected chi connectivity index (χ4v) is 1.62. The van der Waals surface area contributed by atoms with Gasteiger partial charge in [0.2, 0.25) is 0 Å². The molecule has 0 bridgehead atoms. The van der Waals surface area contributed by atoms with Crippen molar-refractivity contribution in [1.29, 1.82) is 0 Å². The number of anilines is 2. The van der Waals surface area contributed by atoms with E-state index in [4.69, 9.17) is 16.6 Å². The lowest BCUT2D eigenvalue weighted by atomic mass is 10.2. The van der Waals surface area contributed by atoms with Crippen LogP contribution in [0.2, 0.25) is 0 Å². The molecule has 0 saturated heterocycles. The molecule has 0 unspecified atom stereocenters. The average molecular weight is 353 g/mol. The van der Waals surface area contributed by atoms with Gasteiger partial charge in [-0.25, -0.2) is 9.78 Å². The number of carbonyl (C=O) groups excluding carboxylic acids is 1. The number of H-pyrrole nitrogens is 1. The Balaban J connectivity index is 0.000000195. The van der Waals surface area contributed by atoms with Gasteiger partial charge in [0, 0.05) is 0 Å². The summed E-state index contributed by atoms with van der Waals surface area (Å²) in [6.45, 7) is 0.